The average Bonchev–Trinajstić information content (AvgIpc) is 2.52. The summed E-state index contributed by atoms with van der Waals surface area (Å²) in [7, 11) is 0. The van der Waals surface area contributed by atoms with Crippen LogP contribution in [0.3, 0.4) is 0 Å². The van der Waals surface area contributed by atoms with Crippen molar-refractivity contribution >= 4 is 11.9 Å². The summed E-state index contributed by atoms with van der Waals surface area (Å²) in [6.07, 6.45) is 0.562. The summed E-state index contributed by atoms with van der Waals surface area (Å²) in [4.78, 5) is 25.5. The molecule has 1 aromatic rings. The van der Waals surface area contributed by atoms with E-state index in [4.69, 9.17) is 0 Å². The number of halogens is 2. The van der Waals surface area contributed by atoms with Gasteiger partial charge in [-0.2, -0.15) is 0 Å². The zero-order valence-electron chi connectivity index (χ0n) is 13.6. The molecular weight excluding hydrogens is 316 g/mol. The van der Waals surface area contributed by atoms with Crippen LogP contribution in [0.2, 0.25) is 0 Å². The number of carbonyl (C=O) groups excluding carboxylic acids is 1. The Balaban J connectivity index is 1.65. The highest BCUT2D eigenvalue weighted by atomic mass is 19.3. The second kappa shape index (κ2) is 5.83. The molecule has 3 rings (SSSR count). The molecule has 1 amide bonds. The van der Waals surface area contributed by atoms with Gasteiger partial charge in [-0.05, 0) is 30.4 Å². The normalized spacial score (nSPS) is 22.7. The van der Waals surface area contributed by atoms with Crippen molar-refractivity contribution in [3.63, 3.8) is 0 Å². The highest BCUT2D eigenvalue weighted by Gasteiger charge is 2.58. The highest BCUT2D eigenvalue weighted by molar-refractivity contribution is 5.89. The monoisotopic (exact) mass is 337 g/mol. The molecule has 1 aliphatic carbocycles. The Kier molecular flexibility index (Phi) is 4.10. The summed E-state index contributed by atoms with van der Waals surface area (Å²) in [5, 5.41) is 9.30. The van der Waals surface area contributed by atoms with Crippen LogP contribution in [0.5, 0.6) is 0 Å². The molecular formula is C18H21F2NO3. The van der Waals surface area contributed by atoms with Crippen LogP contribution in [-0.2, 0) is 4.79 Å². The highest BCUT2D eigenvalue weighted by Crippen LogP contribution is 2.53. The lowest BCUT2D eigenvalue weighted by atomic mass is 9.66. The van der Waals surface area contributed by atoms with E-state index in [0.717, 1.165) is 5.56 Å². The van der Waals surface area contributed by atoms with Gasteiger partial charge in [-0.1, -0.05) is 25.1 Å². The third-order valence-electron chi connectivity index (χ3n) is 5.23. The van der Waals surface area contributed by atoms with Gasteiger partial charge in [0.1, 0.15) is 0 Å². The Bertz CT molecular complexity index is 658. The summed E-state index contributed by atoms with van der Waals surface area (Å²) >= 11 is 0. The Labute approximate surface area is 139 Å². The molecule has 0 spiro atoms. The van der Waals surface area contributed by atoms with Crippen LogP contribution in [0, 0.1) is 5.41 Å². The van der Waals surface area contributed by atoms with Crippen molar-refractivity contribution in [2.24, 2.45) is 5.41 Å². The largest absolute Gasteiger partial charge is 0.478 e. The zero-order chi connectivity index (χ0) is 17.5. The molecule has 0 bridgehead atoms. The minimum absolute atomic E-state index is 0.0805. The topological polar surface area (TPSA) is 57.6 Å². The van der Waals surface area contributed by atoms with E-state index in [9.17, 15) is 23.5 Å². The molecule has 130 valence electrons. The predicted molar refractivity (Wildman–Crippen MR) is 84.2 cm³/mol. The Morgan fingerprint density at radius 1 is 1.17 bits per heavy atom. The predicted octanol–water partition coefficient (Wildman–Crippen LogP) is 3.53. The first-order valence-electron chi connectivity index (χ1n) is 8.21. The van der Waals surface area contributed by atoms with Crippen LogP contribution >= 0.6 is 0 Å². The van der Waals surface area contributed by atoms with Crippen LogP contribution in [0.15, 0.2) is 24.3 Å². The number of nitrogens with zero attached hydrogens (tertiary/aromatic N) is 1. The van der Waals surface area contributed by atoms with Crippen LogP contribution < -0.4 is 0 Å². The number of carbonyl (C=O) groups is 2. The lowest BCUT2D eigenvalue weighted by molar-refractivity contribution is -0.184. The maximum atomic E-state index is 13.1. The summed E-state index contributed by atoms with van der Waals surface area (Å²) in [5.74, 6) is -3.79. The molecule has 1 aliphatic heterocycles. The number of amides is 1. The fourth-order valence-corrected chi connectivity index (χ4v) is 4.06. The Morgan fingerprint density at radius 3 is 2.29 bits per heavy atom. The molecule has 4 nitrogen and oxygen atoms in total. The van der Waals surface area contributed by atoms with Gasteiger partial charge < -0.3 is 10.0 Å². The fourth-order valence-electron chi connectivity index (χ4n) is 4.06. The number of benzene rings is 1. The minimum Gasteiger partial charge on any atom is -0.478 e. The van der Waals surface area contributed by atoms with Crippen molar-refractivity contribution in [1.82, 2.24) is 4.90 Å². The number of aromatic carboxylic acids is 1. The second-order valence-electron chi connectivity index (χ2n) is 7.23. The Hall–Kier alpha value is -1.98. The number of likely N-dealkylation sites (tertiary alicyclic amines) is 1. The lowest BCUT2D eigenvalue weighted by Crippen LogP contribution is -2.55. The third-order valence-corrected chi connectivity index (χ3v) is 5.23. The molecule has 0 unspecified atom stereocenters. The van der Waals surface area contributed by atoms with E-state index >= 15 is 0 Å². The summed E-state index contributed by atoms with van der Waals surface area (Å²) < 4.78 is 26.3. The van der Waals surface area contributed by atoms with Crippen molar-refractivity contribution in [2.75, 3.05) is 13.1 Å². The van der Waals surface area contributed by atoms with Crippen LogP contribution in [0.1, 0.15) is 54.4 Å². The SMILES string of the molecule is CC1(C(=O)N2CCC(c3ccccc3C(=O)O)CC2)CC(F)(F)C1. The fraction of sp³-hybridized carbons (Fsp3) is 0.556. The molecule has 2 fully saturated rings. The van der Waals surface area contributed by atoms with E-state index in [1.165, 1.54) is 0 Å². The van der Waals surface area contributed by atoms with E-state index in [0.29, 0.717) is 31.5 Å². The molecule has 24 heavy (non-hydrogen) atoms. The first-order chi connectivity index (χ1) is 11.2. The molecule has 1 heterocycles. The van der Waals surface area contributed by atoms with Gasteiger partial charge in [0.2, 0.25) is 11.8 Å². The van der Waals surface area contributed by atoms with Gasteiger partial charge in [0, 0.05) is 25.9 Å². The number of hydrogen-bond acceptors (Lipinski definition) is 2. The molecule has 1 saturated heterocycles. The second-order valence-corrected chi connectivity index (χ2v) is 7.23. The van der Waals surface area contributed by atoms with Gasteiger partial charge >= 0.3 is 5.97 Å². The van der Waals surface area contributed by atoms with E-state index < -0.39 is 17.3 Å². The zero-order valence-corrected chi connectivity index (χ0v) is 13.6. The number of alkyl halides is 2. The maximum absolute atomic E-state index is 13.1. The van der Waals surface area contributed by atoms with Gasteiger partial charge in [0.25, 0.3) is 0 Å². The molecule has 0 aromatic heterocycles. The molecule has 0 atom stereocenters. The maximum Gasteiger partial charge on any atom is 0.335 e. The number of carboxylic acids is 1. The molecule has 0 radical (unpaired) electrons. The van der Waals surface area contributed by atoms with Crippen molar-refractivity contribution < 1.29 is 23.5 Å². The standard InChI is InChI=1S/C18H21F2NO3/c1-17(10-18(19,20)11-17)16(24)21-8-6-12(7-9-21)13-4-2-3-5-14(13)15(22)23/h2-5,12H,6-11H2,1H3,(H,22,23). The molecule has 1 N–H and O–H groups in total. The van der Waals surface area contributed by atoms with E-state index in [-0.39, 0.29) is 24.7 Å². The van der Waals surface area contributed by atoms with Crippen molar-refractivity contribution in [2.45, 2.75) is 44.4 Å². The first kappa shape index (κ1) is 16.9. The molecule has 1 aromatic carbocycles. The van der Waals surface area contributed by atoms with E-state index in [1.807, 2.05) is 12.1 Å². The van der Waals surface area contributed by atoms with Gasteiger partial charge in [0.15, 0.2) is 0 Å². The van der Waals surface area contributed by atoms with E-state index in [2.05, 4.69) is 0 Å². The Morgan fingerprint density at radius 2 is 1.75 bits per heavy atom. The van der Waals surface area contributed by atoms with Crippen LogP contribution in [0.25, 0.3) is 0 Å². The van der Waals surface area contributed by atoms with Crippen molar-refractivity contribution in [3.8, 4) is 0 Å². The smallest absolute Gasteiger partial charge is 0.335 e. The number of piperidine rings is 1. The summed E-state index contributed by atoms with van der Waals surface area (Å²) in [6, 6.07) is 6.92. The van der Waals surface area contributed by atoms with Crippen molar-refractivity contribution in [3.05, 3.63) is 35.4 Å². The lowest BCUT2D eigenvalue weighted by Gasteiger charge is -2.47. The van der Waals surface area contributed by atoms with Gasteiger partial charge in [-0.25, -0.2) is 13.6 Å². The van der Waals surface area contributed by atoms with Gasteiger partial charge in [-0.15, -0.1) is 0 Å². The molecule has 6 heteroatoms. The first-order valence-corrected chi connectivity index (χ1v) is 8.21. The molecule has 2 aliphatic rings. The summed E-state index contributed by atoms with van der Waals surface area (Å²) in [6.45, 7) is 2.58. The number of hydrogen-bond donors (Lipinski definition) is 1. The third kappa shape index (κ3) is 3.01. The summed E-state index contributed by atoms with van der Waals surface area (Å²) in [5.41, 5.74) is 0.140. The average molecular weight is 337 g/mol. The number of carboxylic acid groups (broad SMARTS) is 1. The van der Waals surface area contributed by atoms with Gasteiger partial charge in [-0.3, -0.25) is 4.79 Å². The van der Waals surface area contributed by atoms with Crippen LogP contribution in [0.4, 0.5) is 8.78 Å². The van der Waals surface area contributed by atoms with Crippen molar-refractivity contribution in [1.29, 1.82) is 0 Å². The van der Waals surface area contributed by atoms with Crippen LogP contribution in [-0.4, -0.2) is 40.9 Å². The van der Waals surface area contributed by atoms with E-state index in [1.54, 1.807) is 24.0 Å². The quantitative estimate of drug-likeness (QED) is 0.918. The molecule has 1 saturated carbocycles. The minimum atomic E-state index is -2.72. The van der Waals surface area contributed by atoms with Gasteiger partial charge in [0.05, 0.1) is 11.0 Å². The number of rotatable bonds is 3.